The van der Waals surface area contributed by atoms with Gasteiger partial charge in [-0.1, -0.05) is 30.3 Å². The molecule has 0 aliphatic heterocycles. The van der Waals surface area contributed by atoms with E-state index in [4.69, 9.17) is 10.5 Å². The van der Waals surface area contributed by atoms with Gasteiger partial charge in [-0.15, -0.1) is 0 Å². The van der Waals surface area contributed by atoms with E-state index < -0.39 is 0 Å². The van der Waals surface area contributed by atoms with Crippen LogP contribution in [-0.2, 0) is 4.74 Å². The van der Waals surface area contributed by atoms with E-state index in [1.54, 1.807) is 7.11 Å². The number of hydrogen-bond donors (Lipinski definition) is 1. The summed E-state index contributed by atoms with van der Waals surface area (Å²) in [5.41, 5.74) is 7.65. The van der Waals surface area contributed by atoms with Crippen molar-refractivity contribution in [3.63, 3.8) is 0 Å². The normalized spacial score (nSPS) is 25.4. The second-order valence-corrected chi connectivity index (χ2v) is 4.72. The number of nitrogens with two attached hydrogens (primary N) is 1. The van der Waals surface area contributed by atoms with Crippen molar-refractivity contribution < 1.29 is 4.74 Å². The van der Waals surface area contributed by atoms with Crippen LogP contribution in [0.5, 0.6) is 0 Å². The Morgan fingerprint density at radius 2 is 2.12 bits per heavy atom. The highest BCUT2D eigenvalue weighted by Gasteiger charge is 2.41. The quantitative estimate of drug-likeness (QED) is 0.746. The Labute approximate surface area is 97.8 Å². The van der Waals surface area contributed by atoms with Crippen LogP contribution in [0.15, 0.2) is 30.3 Å². The van der Waals surface area contributed by atoms with E-state index in [2.05, 4.69) is 30.3 Å². The molecule has 1 fully saturated rings. The van der Waals surface area contributed by atoms with Crippen molar-refractivity contribution in [2.24, 2.45) is 11.7 Å². The fourth-order valence-corrected chi connectivity index (χ4v) is 2.45. The molecule has 3 unspecified atom stereocenters. The van der Waals surface area contributed by atoms with Crippen molar-refractivity contribution >= 4 is 0 Å². The van der Waals surface area contributed by atoms with E-state index in [-0.39, 0.29) is 0 Å². The van der Waals surface area contributed by atoms with E-state index in [0.29, 0.717) is 17.9 Å². The van der Waals surface area contributed by atoms with Crippen LogP contribution in [0.25, 0.3) is 0 Å². The molecule has 16 heavy (non-hydrogen) atoms. The predicted molar refractivity (Wildman–Crippen MR) is 66.4 cm³/mol. The molecule has 0 bridgehead atoms. The van der Waals surface area contributed by atoms with Gasteiger partial charge >= 0.3 is 0 Å². The van der Waals surface area contributed by atoms with Crippen LogP contribution in [-0.4, -0.2) is 19.8 Å². The maximum atomic E-state index is 6.19. The van der Waals surface area contributed by atoms with Gasteiger partial charge < -0.3 is 10.5 Å². The SMILES string of the molecule is COCCCC(N)C1CC1c1ccccc1. The van der Waals surface area contributed by atoms with E-state index >= 15 is 0 Å². The maximum Gasteiger partial charge on any atom is 0.0462 e. The van der Waals surface area contributed by atoms with Crippen LogP contribution in [0.1, 0.15) is 30.7 Å². The first-order valence-corrected chi connectivity index (χ1v) is 6.12. The van der Waals surface area contributed by atoms with Crippen LogP contribution in [0.3, 0.4) is 0 Å². The van der Waals surface area contributed by atoms with Gasteiger partial charge in [0.1, 0.15) is 0 Å². The number of ether oxygens (including phenoxy) is 1. The molecule has 88 valence electrons. The lowest BCUT2D eigenvalue weighted by Crippen LogP contribution is -2.23. The average Bonchev–Trinajstić information content (AvgIpc) is 3.10. The van der Waals surface area contributed by atoms with Crippen molar-refractivity contribution in [2.75, 3.05) is 13.7 Å². The Morgan fingerprint density at radius 1 is 1.38 bits per heavy atom. The third-order valence-corrected chi connectivity index (χ3v) is 3.50. The van der Waals surface area contributed by atoms with Crippen molar-refractivity contribution in [3.8, 4) is 0 Å². The highest BCUT2D eigenvalue weighted by atomic mass is 16.5. The van der Waals surface area contributed by atoms with Crippen LogP contribution in [0.4, 0.5) is 0 Å². The number of hydrogen-bond acceptors (Lipinski definition) is 2. The van der Waals surface area contributed by atoms with Crippen molar-refractivity contribution in [2.45, 2.75) is 31.2 Å². The minimum Gasteiger partial charge on any atom is -0.385 e. The Kier molecular flexibility index (Phi) is 3.97. The van der Waals surface area contributed by atoms with E-state index in [1.807, 2.05) is 0 Å². The molecule has 1 saturated carbocycles. The van der Waals surface area contributed by atoms with Crippen LogP contribution in [0.2, 0.25) is 0 Å². The molecule has 0 saturated heterocycles. The molecule has 2 N–H and O–H groups in total. The lowest BCUT2D eigenvalue weighted by Gasteiger charge is -2.10. The highest BCUT2D eigenvalue weighted by Crippen LogP contribution is 2.49. The fourth-order valence-electron chi connectivity index (χ4n) is 2.45. The van der Waals surface area contributed by atoms with Gasteiger partial charge in [0, 0.05) is 19.8 Å². The van der Waals surface area contributed by atoms with Gasteiger partial charge in [0.05, 0.1) is 0 Å². The molecule has 0 amide bonds. The third-order valence-electron chi connectivity index (χ3n) is 3.50. The Bertz CT molecular complexity index is 312. The van der Waals surface area contributed by atoms with Crippen molar-refractivity contribution in [1.82, 2.24) is 0 Å². The van der Waals surface area contributed by atoms with Gasteiger partial charge in [-0.05, 0) is 36.7 Å². The largest absolute Gasteiger partial charge is 0.385 e. The summed E-state index contributed by atoms with van der Waals surface area (Å²) in [4.78, 5) is 0. The van der Waals surface area contributed by atoms with Crippen molar-refractivity contribution in [1.29, 1.82) is 0 Å². The zero-order chi connectivity index (χ0) is 11.4. The molecule has 0 radical (unpaired) electrons. The van der Waals surface area contributed by atoms with Gasteiger partial charge in [0.2, 0.25) is 0 Å². The Hall–Kier alpha value is -0.860. The first kappa shape index (κ1) is 11.6. The van der Waals surface area contributed by atoms with Gasteiger partial charge in [-0.3, -0.25) is 0 Å². The Morgan fingerprint density at radius 3 is 2.81 bits per heavy atom. The van der Waals surface area contributed by atoms with E-state index in [9.17, 15) is 0 Å². The van der Waals surface area contributed by atoms with Crippen LogP contribution in [0, 0.1) is 5.92 Å². The summed E-state index contributed by atoms with van der Waals surface area (Å²) in [6.07, 6.45) is 3.43. The zero-order valence-corrected chi connectivity index (χ0v) is 9.93. The summed E-state index contributed by atoms with van der Waals surface area (Å²) in [6.45, 7) is 0.830. The second kappa shape index (κ2) is 5.46. The summed E-state index contributed by atoms with van der Waals surface area (Å²) in [6, 6.07) is 11.1. The van der Waals surface area contributed by atoms with Crippen LogP contribution >= 0.6 is 0 Å². The summed E-state index contributed by atoms with van der Waals surface area (Å²) >= 11 is 0. The van der Waals surface area contributed by atoms with E-state index in [0.717, 1.165) is 19.4 Å². The molecular weight excluding hydrogens is 198 g/mol. The van der Waals surface area contributed by atoms with Gasteiger partial charge in [-0.25, -0.2) is 0 Å². The van der Waals surface area contributed by atoms with Crippen LogP contribution < -0.4 is 5.73 Å². The lowest BCUT2D eigenvalue weighted by molar-refractivity contribution is 0.189. The monoisotopic (exact) mass is 219 g/mol. The first-order chi connectivity index (χ1) is 7.83. The molecule has 3 atom stereocenters. The summed E-state index contributed by atoms with van der Waals surface area (Å²) in [7, 11) is 1.75. The molecule has 2 heteroatoms. The van der Waals surface area contributed by atoms with Gasteiger partial charge in [-0.2, -0.15) is 0 Å². The molecule has 1 aliphatic rings. The molecule has 0 spiro atoms. The van der Waals surface area contributed by atoms with Gasteiger partial charge in [0.25, 0.3) is 0 Å². The topological polar surface area (TPSA) is 35.2 Å². The molecule has 1 aromatic carbocycles. The maximum absolute atomic E-state index is 6.19. The van der Waals surface area contributed by atoms with E-state index in [1.165, 1.54) is 12.0 Å². The number of rotatable bonds is 6. The highest BCUT2D eigenvalue weighted by molar-refractivity contribution is 5.26. The summed E-state index contributed by atoms with van der Waals surface area (Å²) < 4.78 is 5.05. The minimum absolute atomic E-state index is 0.348. The number of methoxy groups -OCH3 is 1. The molecule has 1 aromatic rings. The minimum atomic E-state index is 0.348. The van der Waals surface area contributed by atoms with Gasteiger partial charge in [0.15, 0.2) is 0 Å². The third kappa shape index (κ3) is 2.83. The molecule has 1 aliphatic carbocycles. The summed E-state index contributed by atoms with van der Waals surface area (Å²) in [5, 5.41) is 0. The molecular formula is C14H21NO. The molecule has 0 aromatic heterocycles. The lowest BCUT2D eigenvalue weighted by atomic mass is 10.0. The summed E-state index contributed by atoms with van der Waals surface area (Å²) in [5.74, 6) is 1.40. The average molecular weight is 219 g/mol. The molecule has 2 rings (SSSR count). The standard InChI is InChI=1S/C14H21NO/c1-16-9-5-8-14(15)13-10-12(13)11-6-3-2-4-7-11/h2-4,6-7,12-14H,5,8-10,15H2,1H3. The zero-order valence-electron chi connectivity index (χ0n) is 9.93. The predicted octanol–water partition coefficient (Wildman–Crippen LogP) is 2.54. The van der Waals surface area contributed by atoms with Crippen molar-refractivity contribution in [3.05, 3.63) is 35.9 Å². The smallest absolute Gasteiger partial charge is 0.0462 e. The Balaban J connectivity index is 1.78. The molecule has 0 heterocycles. The first-order valence-electron chi connectivity index (χ1n) is 6.12. The fraction of sp³-hybridized carbons (Fsp3) is 0.571. The molecule has 2 nitrogen and oxygen atoms in total. The second-order valence-electron chi connectivity index (χ2n) is 4.72. The number of benzene rings is 1.